The smallest absolute Gasteiger partial charge is 0.326 e. The van der Waals surface area contributed by atoms with Crippen molar-refractivity contribution in [3.05, 3.63) is 0 Å². The summed E-state index contributed by atoms with van der Waals surface area (Å²) in [6, 6.07) is -26.1. The maximum absolute atomic E-state index is 14.6. The number of carbonyl (C=O) groups is 21. The number of ether oxygens (including phenoxy) is 11. The fourth-order valence-corrected chi connectivity index (χ4v) is 16.2. The van der Waals surface area contributed by atoms with Gasteiger partial charge in [0.15, 0.2) is 25.2 Å². The van der Waals surface area contributed by atoms with E-state index in [0.29, 0.717) is 0 Å². The molecule has 0 aromatic carbocycles. The van der Waals surface area contributed by atoms with E-state index in [-0.39, 0.29) is 29.6 Å². The average Bonchev–Trinajstić information content (AvgIpc) is 1.71. The first-order chi connectivity index (χ1) is 65.9. The molecular weight excluding hydrogens is 1940 g/mol. The topological polar surface area (TPSA) is 903 Å². The summed E-state index contributed by atoms with van der Waals surface area (Å²) in [6.07, 6.45) is -37.0. The molecule has 61 heteroatoms. The number of nitrogens with two attached hydrogens (primary N) is 2. The Morgan fingerprint density at radius 3 is 1.09 bits per heavy atom. The molecule has 34 unspecified atom stereocenters. The normalized spacial score (nSPS) is 27.6. The lowest BCUT2D eigenvalue weighted by atomic mass is 9.93. The molecule has 796 valence electrons. The van der Waals surface area contributed by atoms with Crippen molar-refractivity contribution in [1.82, 2.24) is 74.4 Å². The maximum atomic E-state index is 14.6. The summed E-state index contributed by atoms with van der Waals surface area (Å²) in [5.41, 5.74) is 11.2. The Bertz CT molecular complexity index is 4420. The molecule has 34 atom stereocenters. The van der Waals surface area contributed by atoms with Crippen LogP contribution in [0.3, 0.4) is 0 Å². The number of rotatable bonds is 56. The number of aliphatic hydroxyl groups is 5. The van der Waals surface area contributed by atoms with E-state index in [1.807, 2.05) is 0 Å². The molecule has 0 radical (unpaired) electrons. The minimum absolute atomic E-state index is 0.283. The van der Waals surface area contributed by atoms with Gasteiger partial charge in [-0.1, -0.05) is 0 Å². The number of carboxylic acids is 6. The molecule has 5 saturated heterocycles. The van der Waals surface area contributed by atoms with Crippen LogP contribution in [0.5, 0.6) is 0 Å². The van der Waals surface area contributed by atoms with E-state index in [1.165, 1.54) is 13.8 Å². The Labute approximate surface area is 812 Å². The van der Waals surface area contributed by atoms with Gasteiger partial charge in [0.05, 0.1) is 19.8 Å². The van der Waals surface area contributed by atoms with Crippen molar-refractivity contribution >= 4 is 148 Å². The maximum Gasteiger partial charge on any atom is 0.326 e. The van der Waals surface area contributed by atoms with E-state index in [2.05, 4.69) is 74.4 Å². The van der Waals surface area contributed by atoms with Gasteiger partial charge >= 0.3 is 41.8 Å². The summed E-state index contributed by atoms with van der Waals surface area (Å²) in [4.78, 5) is 273. The second-order valence-corrected chi connectivity index (χ2v) is 35.6. The van der Waals surface area contributed by atoms with E-state index < -0.39 is 377 Å². The van der Waals surface area contributed by atoms with Crippen LogP contribution in [0, 0.1) is 0 Å². The molecule has 0 saturated carbocycles. The predicted octanol–water partition coefficient (Wildman–Crippen LogP) is -13.6. The highest BCUT2D eigenvalue weighted by molar-refractivity contribution is 7.99. The quantitative estimate of drug-likeness (QED) is 0.0251. The number of aliphatic carboxylic acids is 6. The van der Waals surface area contributed by atoms with E-state index in [1.54, 1.807) is 0 Å². The van der Waals surface area contributed by atoms with Crippen LogP contribution in [-0.2, 0) is 153 Å². The van der Waals surface area contributed by atoms with E-state index >= 15 is 0 Å². The molecular formula is C80H126N16O43S2. The molecule has 5 aliphatic rings. The number of carboxylic acid groups (broad SMARTS) is 6. The van der Waals surface area contributed by atoms with Gasteiger partial charge in [0.1, 0.15) is 189 Å². The summed E-state index contributed by atoms with van der Waals surface area (Å²) in [7, 11) is 0. The molecule has 5 fully saturated rings. The number of esters is 1. The highest BCUT2D eigenvalue weighted by atomic mass is 32.2. The molecule has 59 nitrogen and oxygen atoms in total. The van der Waals surface area contributed by atoms with Gasteiger partial charge < -0.3 is 194 Å². The van der Waals surface area contributed by atoms with Gasteiger partial charge in [-0.2, -0.15) is 23.5 Å². The Morgan fingerprint density at radius 1 is 0.355 bits per heavy atom. The Hall–Kier alpha value is -11.1. The highest BCUT2D eigenvalue weighted by Gasteiger charge is 2.60. The number of thioether (sulfide) groups is 2. The number of aliphatic hydroxyl groups excluding tert-OH is 5. The molecule has 0 aliphatic carbocycles. The third-order valence-electron chi connectivity index (χ3n) is 21.8. The highest BCUT2D eigenvalue weighted by Crippen LogP contribution is 2.39. The fourth-order valence-electron chi connectivity index (χ4n) is 14.2. The van der Waals surface area contributed by atoms with Crippen molar-refractivity contribution in [2.75, 3.05) is 49.4 Å². The molecule has 5 heterocycles. The lowest BCUT2D eigenvalue weighted by molar-refractivity contribution is -0.362. The van der Waals surface area contributed by atoms with Crippen molar-refractivity contribution in [1.29, 1.82) is 0 Å². The van der Waals surface area contributed by atoms with Crippen molar-refractivity contribution in [2.24, 2.45) is 11.5 Å². The summed E-state index contributed by atoms with van der Waals surface area (Å²) in [5.74, 6) is -25.9. The standard InChI is InChI=1S/C80H126N16O43S2/c1-26(63(109)87-30(5)71(117)118)85-69(115)43(24-140-22-39(81)73(121)122)93-49(104)16-14-41(75(125)126)95-65(111)28(3)83-67(113)32(7)131-61-53(91-36(11)101)77-130-21-48(135-77)60(61)139-79-52(90-35(10)100)57(108)58(46(19-98)134-79)137-80-54(92-37(12)102)62(59(47(136-80)20-129-38(13)103)138-78-51(89-34(9)99)56(107)55(106)45(18-97)133-78)132-33(8)68(114)84-29(4)66(112)96-42(76(127)128)15-17-50(105)94-44(25-141-23-40(82)74(123)124)70(116)86-27(2)64(110)88-31(6)72(119)120/h26-33,39-48,51-62,77-80,97-98,106-108H,14-25,81-82H2,1-13H3,(H,83,113)(H,84,114)(H,85,115)(H,86,116)(H,87,109)(H,88,110)(H,89,99)(H,90,100)(H,91,101)(H,92,102)(H,93,104)(H,94,105)(H,95,111)(H,96,112)(H,117,118)(H,119,120)(H,121,122)(H,123,124)(H,125,126)(H,127,128). The van der Waals surface area contributed by atoms with Gasteiger partial charge in [0.2, 0.25) is 82.7 Å². The molecule has 2 bridgehead atoms. The van der Waals surface area contributed by atoms with E-state index in [4.69, 9.17) is 63.6 Å². The number of hydrogen-bond donors (Lipinski definition) is 27. The molecule has 0 aromatic rings. The third kappa shape index (κ3) is 37.0. The van der Waals surface area contributed by atoms with Crippen molar-refractivity contribution in [3.63, 3.8) is 0 Å². The number of fused-ring (bicyclic) bond motifs is 2. The first-order valence-corrected chi connectivity index (χ1v) is 46.3. The summed E-state index contributed by atoms with van der Waals surface area (Å²) in [6.45, 7) is 10.3. The molecule has 0 aromatic heterocycles. The zero-order valence-corrected chi connectivity index (χ0v) is 80.2. The van der Waals surface area contributed by atoms with Crippen LogP contribution >= 0.6 is 23.5 Å². The fraction of sp³-hybridized carbons (Fsp3) is 0.738. The van der Waals surface area contributed by atoms with Gasteiger partial charge in [-0.05, 0) is 68.2 Å². The number of amides is 14. The summed E-state index contributed by atoms with van der Waals surface area (Å²) < 4.78 is 68.5. The second kappa shape index (κ2) is 56.7. The van der Waals surface area contributed by atoms with E-state index in [0.717, 1.165) is 99.7 Å². The zero-order valence-electron chi connectivity index (χ0n) is 78.6. The van der Waals surface area contributed by atoms with Gasteiger partial charge in [0.25, 0.3) is 0 Å². The first kappa shape index (κ1) is 120. The van der Waals surface area contributed by atoms with Crippen LogP contribution in [0.2, 0.25) is 0 Å². The van der Waals surface area contributed by atoms with Gasteiger partial charge in [-0.25, -0.2) is 9.59 Å². The molecule has 5 aliphatic heterocycles. The molecule has 5 rings (SSSR count). The number of hydrogen-bond acceptors (Lipinski definition) is 41. The predicted molar refractivity (Wildman–Crippen MR) is 471 cm³/mol. The molecule has 141 heavy (non-hydrogen) atoms. The molecule has 29 N–H and O–H groups in total. The van der Waals surface area contributed by atoms with Crippen molar-refractivity contribution in [2.45, 2.75) is 323 Å². The Balaban J connectivity index is 1.45. The Kier molecular flexibility index (Phi) is 48.4. The summed E-state index contributed by atoms with van der Waals surface area (Å²) in [5, 5.41) is 147. The van der Waals surface area contributed by atoms with Crippen molar-refractivity contribution in [3.8, 4) is 0 Å². The van der Waals surface area contributed by atoms with Crippen LogP contribution in [-0.4, -0.2) is 437 Å². The monoisotopic (exact) mass is 2060 g/mol. The average molecular weight is 2060 g/mol. The van der Waals surface area contributed by atoms with Crippen LogP contribution < -0.4 is 85.9 Å². The van der Waals surface area contributed by atoms with Crippen LogP contribution in [0.15, 0.2) is 0 Å². The molecule has 14 amide bonds. The largest absolute Gasteiger partial charge is 0.480 e. The SMILES string of the molecule is CC(=O)NC1C(OC2C(COC(C)=O)OC(OC3C(CO)OC(OC4C5COC(O5)C(NC(C)=O)C4OC(C)C(=O)NC(C)C(=O)NC(CCC(=O)NC(CSCC(N)C(=O)O)C(=O)NC(C)C(=O)NC(C)C(=O)O)C(=O)O)C(NC(C)=O)C3O)C(NC(C)=O)C2OC(C)C(=O)NC(C)C(=O)NC(CCC(=O)NC(CSCC(N)C(=O)O)C(=O)NC(C)C(=O)NC(C)C(=O)O)C(=O)O)OC(CO)C(O)C1O. The van der Waals surface area contributed by atoms with Crippen molar-refractivity contribution < 1.29 is 209 Å². The van der Waals surface area contributed by atoms with E-state index in [9.17, 15) is 157 Å². The van der Waals surface area contributed by atoms with Gasteiger partial charge in [-0.3, -0.25) is 91.1 Å². The number of nitrogens with one attached hydrogen (secondary N) is 14. The second-order valence-electron chi connectivity index (χ2n) is 33.5. The zero-order chi connectivity index (χ0) is 106. The minimum atomic E-state index is -2.25. The molecule has 0 spiro atoms. The lowest BCUT2D eigenvalue weighted by Crippen LogP contribution is -2.72. The van der Waals surface area contributed by atoms with Gasteiger partial charge in [0, 0.05) is 70.5 Å². The summed E-state index contributed by atoms with van der Waals surface area (Å²) >= 11 is 1.57. The van der Waals surface area contributed by atoms with Crippen LogP contribution in [0.25, 0.3) is 0 Å². The Morgan fingerprint density at radius 2 is 0.702 bits per heavy atom. The van der Waals surface area contributed by atoms with Gasteiger partial charge in [-0.15, -0.1) is 0 Å². The third-order valence-corrected chi connectivity index (χ3v) is 24.2. The van der Waals surface area contributed by atoms with Crippen LogP contribution in [0.4, 0.5) is 0 Å². The van der Waals surface area contributed by atoms with Crippen LogP contribution in [0.1, 0.15) is 116 Å². The minimum Gasteiger partial charge on any atom is -0.480 e. The number of carbonyl (C=O) groups excluding carboxylic acids is 15. The lowest BCUT2D eigenvalue weighted by Gasteiger charge is -2.51. The first-order valence-electron chi connectivity index (χ1n) is 43.9.